The summed E-state index contributed by atoms with van der Waals surface area (Å²) in [6, 6.07) is 16.8. The molecule has 126 valence electrons. The molecular formula is C20H24N2O2. The molecule has 24 heavy (non-hydrogen) atoms. The third kappa shape index (κ3) is 4.15. The Balaban J connectivity index is 1.60. The summed E-state index contributed by atoms with van der Waals surface area (Å²) in [6.45, 7) is 2.81. The average Bonchev–Trinajstić information content (AvgIpc) is 2.64. The van der Waals surface area contributed by atoms with Crippen LogP contribution < -0.4 is 5.32 Å². The van der Waals surface area contributed by atoms with Crippen LogP contribution in [0.15, 0.2) is 48.5 Å². The van der Waals surface area contributed by atoms with Gasteiger partial charge in [-0.15, -0.1) is 0 Å². The Morgan fingerprint density at radius 2 is 2.00 bits per heavy atom. The summed E-state index contributed by atoms with van der Waals surface area (Å²) >= 11 is 0. The number of methoxy groups -OCH3 is 1. The lowest BCUT2D eigenvalue weighted by Gasteiger charge is -2.29. The van der Waals surface area contributed by atoms with Crippen LogP contribution in [-0.4, -0.2) is 31.1 Å². The lowest BCUT2D eigenvalue weighted by Crippen LogP contribution is -2.36. The van der Waals surface area contributed by atoms with Crippen LogP contribution in [-0.2, 0) is 29.0 Å². The Bertz CT molecular complexity index is 685. The predicted octanol–water partition coefficient (Wildman–Crippen LogP) is 3.22. The zero-order valence-electron chi connectivity index (χ0n) is 14.1. The molecule has 0 radical (unpaired) electrons. The van der Waals surface area contributed by atoms with Crippen LogP contribution >= 0.6 is 0 Å². The summed E-state index contributed by atoms with van der Waals surface area (Å²) in [7, 11) is 1.63. The zero-order valence-corrected chi connectivity index (χ0v) is 14.1. The van der Waals surface area contributed by atoms with Gasteiger partial charge in [0.25, 0.3) is 0 Å². The second-order valence-corrected chi connectivity index (χ2v) is 6.13. The van der Waals surface area contributed by atoms with Gasteiger partial charge in [0, 0.05) is 32.4 Å². The van der Waals surface area contributed by atoms with Crippen molar-refractivity contribution in [3.8, 4) is 0 Å². The first-order chi connectivity index (χ1) is 11.8. The van der Waals surface area contributed by atoms with Gasteiger partial charge in [-0.3, -0.25) is 4.79 Å². The Hall–Kier alpha value is -2.33. The fourth-order valence-corrected chi connectivity index (χ4v) is 3.02. The second kappa shape index (κ2) is 7.97. The molecule has 0 atom stereocenters. The molecule has 1 N–H and O–H groups in total. The molecule has 0 aromatic heterocycles. The topological polar surface area (TPSA) is 41.6 Å². The van der Waals surface area contributed by atoms with Gasteiger partial charge in [-0.2, -0.15) is 0 Å². The zero-order chi connectivity index (χ0) is 16.8. The van der Waals surface area contributed by atoms with Gasteiger partial charge < -0.3 is 15.0 Å². The number of fused-ring (bicyclic) bond motifs is 1. The highest BCUT2D eigenvalue weighted by Crippen LogP contribution is 2.23. The summed E-state index contributed by atoms with van der Waals surface area (Å²) in [6.07, 6.45) is 1.37. The third-order valence-electron chi connectivity index (χ3n) is 4.43. The van der Waals surface area contributed by atoms with E-state index < -0.39 is 0 Å². The smallest absolute Gasteiger partial charge is 0.225 e. The molecule has 0 fully saturated rings. The minimum atomic E-state index is 0.175. The number of anilines is 1. The van der Waals surface area contributed by atoms with Crippen molar-refractivity contribution in [2.24, 2.45) is 0 Å². The van der Waals surface area contributed by atoms with Gasteiger partial charge in [-0.05, 0) is 35.2 Å². The average molecular weight is 324 g/mol. The molecule has 4 heteroatoms. The minimum Gasteiger partial charge on any atom is -0.384 e. The predicted molar refractivity (Wildman–Crippen MR) is 95.8 cm³/mol. The fourth-order valence-electron chi connectivity index (χ4n) is 3.02. The van der Waals surface area contributed by atoms with Gasteiger partial charge >= 0.3 is 0 Å². The first-order valence-corrected chi connectivity index (χ1v) is 8.42. The van der Waals surface area contributed by atoms with Gasteiger partial charge in [-0.1, -0.05) is 36.4 Å². The van der Waals surface area contributed by atoms with E-state index >= 15 is 0 Å². The van der Waals surface area contributed by atoms with Crippen LogP contribution in [0.2, 0.25) is 0 Å². The number of amides is 1. The summed E-state index contributed by atoms with van der Waals surface area (Å²) < 4.78 is 5.00. The van der Waals surface area contributed by atoms with Crippen LogP contribution in [0.4, 0.5) is 5.69 Å². The van der Waals surface area contributed by atoms with Crippen molar-refractivity contribution in [2.75, 3.05) is 25.6 Å². The maximum atomic E-state index is 12.1. The maximum absolute atomic E-state index is 12.1. The van der Waals surface area contributed by atoms with E-state index in [-0.39, 0.29) is 5.91 Å². The Morgan fingerprint density at radius 3 is 2.79 bits per heavy atom. The van der Waals surface area contributed by atoms with Crippen LogP contribution in [0.3, 0.4) is 0 Å². The molecule has 0 spiro atoms. The first kappa shape index (κ1) is 16.5. The molecule has 0 saturated carbocycles. The Kier molecular flexibility index (Phi) is 5.49. The van der Waals surface area contributed by atoms with Gasteiger partial charge in [0.05, 0.1) is 13.0 Å². The summed E-state index contributed by atoms with van der Waals surface area (Å²) in [4.78, 5) is 14.1. The molecule has 2 aromatic carbocycles. The molecular weight excluding hydrogens is 300 g/mol. The summed E-state index contributed by atoms with van der Waals surface area (Å²) in [5, 5.41) is 3.48. The number of carbonyl (C=O) groups is 1. The SMILES string of the molecule is COCCC(=O)N1CCc2cc(NCc3ccccc3)ccc2C1. The summed E-state index contributed by atoms with van der Waals surface area (Å²) in [5.41, 5.74) is 4.99. The van der Waals surface area contributed by atoms with Gasteiger partial charge in [0.2, 0.25) is 5.91 Å². The highest BCUT2D eigenvalue weighted by Gasteiger charge is 2.20. The van der Waals surface area contributed by atoms with E-state index in [1.165, 1.54) is 16.7 Å². The van der Waals surface area contributed by atoms with E-state index in [9.17, 15) is 4.79 Å². The van der Waals surface area contributed by atoms with Crippen LogP contribution in [0.25, 0.3) is 0 Å². The van der Waals surface area contributed by atoms with Crippen LogP contribution in [0, 0.1) is 0 Å². The molecule has 0 bridgehead atoms. The molecule has 2 aromatic rings. The Morgan fingerprint density at radius 1 is 1.17 bits per heavy atom. The van der Waals surface area contributed by atoms with Crippen LogP contribution in [0.5, 0.6) is 0 Å². The van der Waals surface area contributed by atoms with E-state index in [1.807, 2.05) is 11.0 Å². The van der Waals surface area contributed by atoms with Crippen molar-refractivity contribution in [1.29, 1.82) is 0 Å². The molecule has 1 aliphatic rings. The van der Waals surface area contributed by atoms with Crippen molar-refractivity contribution < 1.29 is 9.53 Å². The normalized spacial score (nSPS) is 13.5. The molecule has 1 heterocycles. The highest BCUT2D eigenvalue weighted by atomic mass is 16.5. The van der Waals surface area contributed by atoms with E-state index in [1.54, 1.807) is 7.11 Å². The maximum Gasteiger partial charge on any atom is 0.225 e. The van der Waals surface area contributed by atoms with Crippen molar-refractivity contribution in [3.05, 3.63) is 65.2 Å². The molecule has 4 nitrogen and oxygen atoms in total. The van der Waals surface area contributed by atoms with E-state index in [0.29, 0.717) is 19.6 Å². The highest BCUT2D eigenvalue weighted by molar-refractivity contribution is 5.76. The van der Waals surface area contributed by atoms with E-state index in [2.05, 4.69) is 47.8 Å². The number of carbonyl (C=O) groups excluding carboxylic acids is 1. The molecule has 0 aliphatic carbocycles. The number of hydrogen-bond donors (Lipinski definition) is 1. The summed E-state index contributed by atoms with van der Waals surface area (Å²) in [5.74, 6) is 0.175. The number of benzene rings is 2. The fraction of sp³-hybridized carbons (Fsp3) is 0.350. The van der Waals surface area contributed by atoms with E-state index in [0.717, 1.165) is 25.2 Å². The monoisotopic (exact) mass is 324 g/mol. The first-order valence-electron chi connectivity index (χ1n) is 8.42. The number of ether oxygens (including phenoxy) is 1. The third-order valence-corrected chi connectivity index (χ3v) is 4.43. The number of hydrogen-bond acceptors (Lipinski definition) is 3. The number of nitrogens with zero attached hydrogens (tertiary/aromatic N) is 1. The van der Waals surface area contributed by atoms with Gasteiger partial charge in [-0.25, -0.2) is 0 Å². The lowest BCUT2D eigenvalue weighted by atomic mass is 9.98. The largest absolute Gasteiger partial charge is 0.384 e. The molecule has 1 aliphatic heterocycles. The van der Waals surface area contributed by atoms with Crippen molar-refractivity contribution in [1.82, 2.24) is 4.90 Å². The minimum absolute atomic E-state index is 0.175. The number of nitrogens with one attached hydrogen (secondary N) is 1. The van der Waals surface area contributed by atoms with Gasteiger partial charge in [0.15, 0.2) is 0 Å². The van der Waals surface area contributed by atoms with Crippen molar-refractivity contribution >= 4 is 11.6 Å². The Labute approximate surface area is 143 Å². The number of rotatable bonds is 6. The second-order valence-electron chi connectivity index (χ2n) is 6.13. The molecule has 0 saturated heterocycles. The standard InChI is InChI=1S/C20H24N2O2/c1-24-12-10-20(23)22-11-9-17-13-19(8-7-18(17)15-22)21-14-16-5-3-2-4-6-16/h2-8,13,21H,9-12,14-15H2,1H3. The van der Waals surface area contributed by atoms with Crippen molar-refractivity contribution in [2.45, 2.75) is 25.9 Å². The van der Waals surface area contributed by atoms with Crippen molar-refractivity contribution in [3.63, 3.8) is 0 Å². The molecule has 3 rings (SSSR count). The van der Waals surface area contributed by atoms with E-state index in [4.69, 9.17) is 4.74 Å². The molecule has 0 unspecified atom stereocenters. The quantitative estimate of drug-likeness (QED) is 0.887. The van der Waals surface area contributed by atoms with Crippen LogP contribution in [0.1, 0.15) is 23.1 Å². The molecule has 1 amide bonds. The van der Waals surface area contributed by atoms with Gasteiger partial charge in [0.1, 0.15) is 0 Å². The lowest BCUT2D eigenvalue weighted by molar-refractivity contribution is -0.133.